The monoisotopic (exact) mass is 296 g/mol. The highest BCUT2D eigenvalue weighted by molar-refractivity contribution is 5.83. The summed E-state index contributed by atoms with van der Waals surface area (Å²) >= 11 is 0. The third-order valence-electron chi connectivity index (χ3n) is 5.25. The molecule has 0 aromatic rings. The molecular formula is C16H28N2O3. The van der Waals surface area contributed by atoms with E-state index in [2.05, 4.69) is 12.2 Å². The van der Waals surface area contributed by atoms with E-state index in [-0.39, 0.29) is 11.9 Å². The largest absolute Gasteiger partial charge is 0.481 e. The summed E-state index contributed by atoms with van der Waals surface area (Å²) in [6, 6.07) is -0.0812. The fraction of sp³-hybridized carbons (Fsp3) is 0.875. The summed E-state index contributed by atoms with van der Waals surface area (Å²) in [5.74, 6) is -0.161. The predicted molar refractivity (Wildman–Crippen MR) is 81.0 cm³/mol. The Kier molecular flexibility index (Phi) is 5.25. The Morgan fingerprint density at radius 2 is 2.00 bits per heavy atom. The number of aliphatic carboxylic acids is 1. The second-order valence-electron chi connectivity index (χ2n) is 6.71. The molecule has 2 N–H and O–H groups in total. The van der Waals surface area contributed by atoms with Crippen LogP contribution in [-0.2, 0) is 9.59 Å². The highest BCUT2D eigenvalue weighted by Gasteiger charge is 2.42. The zero-order valence-electron chi connectivity index (χ0n) is 13.2. The van der Waals surface area contributed by atoms with Crippen LogP contribution in [0.1, 0.15) is 52.4 Å². The Morgan fingerprint density at radius 1 is 1.33 bits per heavy atom. The molecule has 0 aliphatic carbocycles. The molecule has 2 saturated heterocycles. The first kappa shape index (κ1) is 16.3. The van der Waals surface area contributed by atoms with E-state index in [1.165, 1.54) is 0 Å². The lowest BCUT2D eigenvalue weighted by molar-refractivity contribution is -0.155. The van der Waals surface area contributed by atoms with Crippen LogP contribution in [0, 0.1) is 11.3 Å². The molecule has 2 unspecified atom stereocenters. The van der Waals surface area contributed by atoms with Crippen molar-refractivity contribution in [3.63, 3.8) is 0 Å². The van der Waals surface area contributed by atoms with E-state index in [1.54, 1.807) is 0 Å². The molecule has 120 valence electrons. The van der Waals surface area contributed by atoms with Gasteiger partial charge in [-0.3, -0.25) is 9.59 Å². The van der Waals surface area contributed by atoms with Gasteiger partial charge >= 0.3 is 5.97 Å². The molecule has 2 rings (SSSR count). The van der Waals surface area contributed by atoms with E-state index in [4.69, 9.17) is 0 Å². The van der Waals surface area contributed by atoms with Gasteiger partial charge in [-0.2, -0.15) is 0 Å². The minimum absolute atomic E-state index is 0.0812. The van der Waals surface area contributed by atoms with Gasteiger partial charge in [-0.15, -0.1) is 0 Å². The number of nitrogens with one attached hydrogen (secondary N) is 1. The minimum atomic E-state index is -0.694. The van der Waals surface area contributed by atoms with Crippen molar-refractivity contribution in [1.29, 1.82) is 0 Å². The van der Waals surface area contributed by atoms with Gasteiger partial charge in [0.25, 0.3) is 0 Å². The Balaban J connectivity index is 1.96. The molecule has 2 aliphatic rings. The van der Waals surface area contributed by atoms with Gasteiger partial charge in [0.05, 0.1) is 11.5 Å². The first-order valence-electron chi connectivity index (χ1n) is 8.26. The Morgan fingerprint density at radius 3 is 2.52 bits per heavy atom. The zero-order chi connectivity index (χ0) is 15.5. The third-order valence-corrected chi connectivity index (χ3v) is 5.25. The summed E-state index contributed by atoms with van der Waals surface area (Å²) in [7, 11) is 0. The molecule has 0 bridgehead atoms. The van der Waals surface area contributed by atoms with Gasteiger partial charge in [0, 0.05) is 13.1 Å². The lowest BCUT2D eigenvalue weighted by Gasteiger charge is -2.41. The first-order chi connectivity index (χ1) is 10.00. The number of hydrogen-bond donors (Lipinski definition) is 2. The quantitative estimate of drug-likeness (QED) is 0.831. The highest BCUT2D eigenvalue weighted by atomic mass is 16.4. The number of carbonyl (C=O) groups excluding carboxylic acids is 1. The molecule has 0 aromatic heterocycles. The smallest absolute Gasteiger partial charge is 0.309 e. The van der Waals surface area contributed by atoms with Crippen LogP contribution in [0.2, 0.25) is 0 Å². The standard InChI is InChI=1S/C16H28N2O3/c1-3-6-16(15(20)21)7-10-18(11-8-16)14(19)13-12(2)5-4-9-17-13/h12-13,17H,3-11H2,1-2H3,(H,20,21). The van der Waals surface area contributed by atoms with Crippen LogP contribution in [0.4, 0.5) is 0 Å². The second-order valence-corrected chi connectivity index (χ2v) is 6.71. The normalized spacial score (nSPS) is 29.1. The number of nitrogens with zero attached hydrogens (tertiary/aromatic N) is 1. The molecule has 2 fully saturated rings. The SMILES string of the molecule is CCCC1(C(=O)O)CCN(C(=O)C2NCCCC2C)CC1. The van der Waals surface area contributed by atoms with Crippen LogP contribution >= 0.6 is 0 Å². The lowest BCUT2D eigenvalue weighted by Crippen LogP contribution is -2.55. The summed E-state index contributed by atoms with van der Waals surface area (Å²) in [5, 5.41) is 12.8. The first-order valence-corrected chi connectivity index (χ1v) is 8.26. The number of hydrogen-bond acceptors (Lipinski definition) is 3. The molecule has 2 aliphatic heterocycles. The number of carbonyl (C=O) groups is 2. The molecule has 2 heterocycles. The van der Waals surface area contributed by atoms with Crippen LogP contribution in [0.25, 0.3) is 0 Å². The predicted octanol–water partition coefficient (Wildman–Crippen LogP) is 1.87. The molecule has 1 amide bonds. The van der Waals surface area contributed by atoms with Crippen molar-refractivity contribution in [3.8, 4) is 0 Å². The average Bonchev–Trinajstić information content (AvgIpc) is 2.48. The molecule has 0 saturated carbocycles. The van der Waals surface area contributed by atoms with Gasteiger partial charge in [0.1, 0.15) is 0 Å². The van der Waals surface area contributed by atoms with Crippen molar-refractivity contribution in [3.05, 3.63) is 0 Å². The summed E-state index contributed by atoms with van der Waals surface area (Å²) in [4.78, 5) is 26.1. The number of rotatable bonds is 4. The van der Waals surface area contributed by atoms with Crippen LogP contribution in [0.15, 0.2) is 0 Å². The fourth-order valence-corrected chi connectivity index (χ4v) is 3.78. The third kappa shape index (κ3) is 3.39. The molecule has 21 heavy (non-hydrogen) atoms. The molecule has 5 heteroatoms. The molecule has 0 aromatic carbocycles. The van der Waals surface area contributed by atoms with Crippen molar-refractivity contribution < 1.29 is 14.7 Å². The molecule has 5 nitrogen and oxygen atoms in total. The van der Waals surface area contributed by atoms with Gasteiger partial charge in [0.15, 0.2) is 0 Å². The maximum Gasteiger partial charge on any atom is 0.309 e. The van der Waals surface area contributed by atoms with Crippen molar-refractivity contribution in [2.45, 2.75) is 58.4 Å². The van der Waals surface area contributed by atoms with E-state index < -0.39 is 11.4 Å². The summed E-state index contributed by atoms with van der Waals surface area (Å²) in [6.07, 6.45) is 4.98. The average molecular weight is 296 g/mol. The summed E-state index contributed by atoms with van der Waals surface area (Å²) in [5.41, 5.74) is -0.614. The number of piperidine rings is 2. The van der Waals surface area contributed by atoms with Gasteiger partial charge in [0.2, 0.25) is 5.91 Å². The van der Waals surface area contributed by atoms with E-state index >= 15 is 0 Å². The van der Waals surface area contributed by atoms with Crippen molar-refractivity contribution in [2.75, 3.05) is 19.6 Å². The Bertz CT molecular complexity index is 389. The van der Waals surface area contributed by atoms with Crippen molar-refractivity contribution >= 4 is 11.9 Å². The molecule has 2 atom stereocenters. The maximum absolute atomic E-state index is 12.6. The van der Waals surface area contributed by atoms with Crippen LogP contribution in [0.3, 0.4) is 0 Å². The van der Waals surface area contributed by atoms with Gasteiger partial charge in [-0.25, -0.2) is 0 Å². The van der Waals surface area contributed by atoms with E-state index in [1.807, 2.05) is 11.8 Å². The van der Waals surface area contributed by atoms with Gasteiger partial charge in [-0.1, -0.05) is 20.3 Å². The lowest BCUT2D eigenvalue weighted by atomic mass is 9.75. The molecular weight excluding hydrogens is 268 g/mol. The van der Waals surface area contributed by atoms with Crippen LogP contribution < -0.4 is 5.32 Å². The maximum atomic E-state index is 12.6. The van der Waals surface area contributed by atoms with Crippen molar-refractivity contribution in [2.24, 2.45) is 11.3 Å². The van der Waals surface area contributed by atoms with Crippen LogP contribution in [0.5, 0.6) is 0 Å². The van der Waals surface area contributed by atoms with Gasteiger partial charge in [-0.05, 0) is 44.6 Å². The van der Waals surface area contributed by atoms with Crippen molar-refractivity contribution in [1.82, 2.24) is 10.2 Å². The van der Waals surface area contributed by atoms with E-state index in [9.17, 15) is 14.7 Å². The summed E-state index contributed by atoms with van der Waals surface area (Å²) in [6.45, 7) is 6.21. The summed E-state index contributed by atoms with van der Waals surface area (Å²) < 4.78 is 0. The van der Waals surface area contributed by atoms with E-state index in [0.717, 1.165) is 25.8 Å². The zero-order valence-corrected chi connectivity index (χ0v) is 13.2. The Hall–Kier alpha value is -1.10. The molecule has 0 radical (unpaired) electrons. The van der Waals surface area contributed by atoms with Crippen LogP contribution in [-0.4, -0.2) is 47.6 Å². The van der Waals surface area contributed by atoms with Gasteiger partial charge < -0.3 is 15.3 Å². The van der Waals surface area contributed by atoms with E-state index in [0.29, 0.717) is 38.3 Å². The Labute approximate surface area is 127 Å². The number of carboxylic acids is 1. The molecule has 0 spiro atoms. The minimum Gasteiger partial charge on any atom is -0.481 e. The topological polar surface area (TPSA) is 69.6 Å². The number of amides is 1. The fourth-order valence-electron chi connectivity index (χ4n) is 3.78. The number of carboxylic acid groups (broad SMARTS) is 1. The second kappa shape index (κ2) is 6.77. The number of likely N-dealkylation sites (tertiary alicyclic amines) is 1. The highest BCUT2D eigenvalue weighted by Crippen LogP contribution is 2.37.